The SMILES string of the molecule is COC(=O)CC[C@H](NCc1ccccc1)C(=O)[O-].C[N+](C)(C)C. The van der Waals surface area contributed by atoms with Crippen LogP contribution in [-0.4, -0.2) is 57.8 Å². The highest BCUT2D eigenvalue weighted by Crippen LogP contribution is 2.02. The van der Waals surface area contributed by atoms with Crippen LogP contribution in [0.3, 0.4) is 0 Å². The molecule has 1 N–H and O–H groups in total. The van der Waals surface area contributed by atoms with Gasteiger partial charge in [-0.05, 0) is 12.0 Å². The van der Waals surface area contributed by atoms with Crippen LogP contribution in [0.2, 0.25) is 0 Å². The van der Waals surface area contributed by atoms with Crippen LogP contribution in [-0.2, 0) is 20.9 Å². The lowest BCUT2D eigenvalue weighted by Gasteiger charge is -2.19. The van der Waals surface area contributed by atoms with Gasteiger partial charge in [0.15, 0.2) is 0 Å². The maximum Gasteiger partial charge on any atom is 0.305 e. The largest absolute Gasteiger partial charge is 0.548 e. The minimum atomic E-state index is -1.21. The second-order valence-corrected chi connectivity index (χ2v) is 6.54. The van der Waals surface area contributed by atoms with Crippen LogP contribution in [0, 0.1) is 0 Å². The van der Waals surface area contributed by atoms with Crippen molar-refractivity contribution in [1.82, 2.24) is 5.32 Å². The van der Waals surface area contributed by atoms with E-state index < -0.39 is 18.0 Å². The Morgan fingerprint density at radius 2 is 1.70 bits per heavy atom. The number of esters is 1. The number of benzene rings is 1. The van der Waals surface area contributed by atoms with Gasteiger partial charge in [-0.15, -0.1) is 0 Å². The maximum atomic E-state index is 10.9. The quantitative estimate of drug-likeness (QED) is 0.571. The number of carbonyl (C=O) groups is 2. The Labute approximate surface area is 138 Å². The highest BCUT2D eigenvalue weighted by atomic mass is 16.5. The van der Waals surface area contributed by atoms with Crippen molar-refractivity contribution in [3.05, 3.63) is 35.9 Å². The summed E-state index contributed by atoms with van der Waals surface area (Å²) < 4.78 is 5.46. The summed E-state index contributed by atoms with van der Waals surface area (Å²) in [6.07, 6.45) is 0.207. The second-order valence-electron chi connectivity index (χ2n) is 6.54. The van der Waals surface area contributed by atoms with Crippen molar-refractivity contribution in [2.24, 2.45) is 0 Å². The summed E-state index contributed by atoms with van der Waals surface area (Å²) in [5.74, 6) is -1.64. The van der Waals surface area contributed by atoms with Gasteiger partial charge < -0.3 is 24.4 Å². The highest BCUT2D eigenvalue weighted by Gasteiger charge is 2.12. The molecular formula is C17H28N2O4. The molecule has 1 aromatic carbocycles. The van der Waals surface area contributed by atoms with E-state index in [1.807, 2.05) is 30.3 Å². The zero-order chi connectivity index (χ0) is 17.9. The van der Waals surface area contributed by atoms with Gasteiger partial charge in [0.1, 0.15) is 0 Å². The summed E-state index contributed by atoms with van der Waals surface area (Å²) in [5, 5.41) is 13.7. The molecule has 23 heavy (non-hydrogen) atoms. The highest BCUT2D eigenvalue weighted by molar-refractivity contribution is 5.74. The fourth-order valence-electron chi connectivity index (χ4n) is 1.50. The minimum Gasteiger partial charge on any atom is -0.548 e. The standard InChI is InChI=1S/C13H17NO4.C4H12N/c1-18-12(15)8-7-11(13(16)17)14-9-10-5-3-2-4-6-10;1-5(2,3)4/h2-6,11,14H,7-9H2,1H3,(H,16,17);1-4H3/q;+1/p-1/t11-;/m0./s1. The van der Waals surface area contributed by atoms with Crippen molar-refractivity contribution in [1.29, 1.82) is 0 Å². The molecule has 1 aromatic rings. The molecular weight excluding hydrogens is 296 g/mol. The summed E-state index contributed by atoms with van der Waals surface area (Å²) in [6.45, 7) is 0.417. The van der Waals surface area contributed by atoms with E-state index in [4.69, 9.17) is 0 Å². The number of methoxy groups -OCH3 is 1. The fourth-order valence-corrected chi connectivity index (χ4v) is 1.50. The molecule has 0 aliphatic carbocycles. The topological polar surface area (TPSA) is 78.5 Å². The van der Waals surface area contributed by atoms with E-state index in [0.29, 0.717) is 6.54 Å². The summed E-state index contributed by atoms with van der Waals surface area (Å²) in [5.41, 5.74) is 0.974. The number of ether oxygens (including phenoxy) is 1. The van der Waals surface area contributed by atoms with Gasteiger partial charge in [-0.3, -0.25) is 4.79 Å². The van der Waals surface area contributed by atoms with Crippen molar-refractivity contribution in [2.45, 2.75) is 25.4 Å². The Morgan fingerprint density at radius 1 is 1.17 bits per heavy atom. The molecule has 0 spiro atoms. The van der Waals surface area contributed by atoms with Gasteiger partial charge in [0.2, 0.25) is 0 Å². The smallest absolute Gasteiger partial charge is 0.305 e. The third kappa shape index (κ3) is 13.5. The van der Waals surface area contributed by atoms with Crippen LogP contribution in [0.4, 0.5) is 0 Å². The van der Waals surface area contributed by atoms with Crippen LogP contribution >= 0.6 is 0 Å². The molecule has 0 bridgehead atoms. The third-order valence-corrected chi connectivity index (χ3v) is 2.54. The van der Waals surface area contributed by atoms with Gasteiger partial charge in [0.25, 0.3) is 0 Å². The van der Waals surface area contributed by atoms with Crippen LogP contribution in [0.1, 0.15) is 18.4 Å². The van der Waals surface area contributed by atoms with E-state index in [2.05, 4.69) is 38.2 Å². The first-order valence-corrected chi connectivity index (χ1v) is 7.47. The Morgan fingerprint density at radius 3 is 2.13 bits per heavy atom. The molecule has 0 saturated carbocycles. The lowest BCUT2D eigenvalue weighted by molar-refractivity contribution is -0.849. The van der Waals surface area contributed by atoms with Crippen LogP contribution in [0.5, 0.6) is 0 Å². The molecule has 0 unspecified atom stereocenters. The van der Waals surface area contributed by atoms with Crippen molar-refractivity contribution < 1.29 is 23.9 Å². The van der Waals surface area contributed by atoms with Crippen LogP contribution in [0.15, 0.2) is 30.3 Å². The van der Waals surface area contributed by atoms with Gasteiger partial charge >= 0.3 is 5.97 Å². The monoisotopic (exact) mass is 324 g/mol. The van der Waals surface area contributed by atoms with E-state index in [9.17, 15) is 14.7 Å². The van der Waals surface area contributed by atoms with E-state index >= 15 is 0 Å². The van der Waals surface area contributed by atoms with Gasteiger partial charge in [-0.2, -0.15) is 0 Å². The minimum absolute atomic E-state index is 0.0525. The maximum absolute atomic E-state index is 10.9. The summed E-state index contributed by atoms with van der Waals surface area (Å²) in [7, 11) is 9.77. The van der Waals surface area contributed by atoms with Crippen LogP contribution < -0.4 is 10.4 Å². The zero-order valence-corrected chi connectivity index (χ0v) is 14.7. The molecule has 130 valence electrons. The van der Waals surface area contributed by atoms with E-state index in [1.165, 1.54) is 7.11 Å². The Bertz CT molecular complexity index is 463. The van der Waals surface area contributed by atoms with Crippen molar-refractivity contribution in [3.63, 3.8) is 0 Å². The van der Waals surface area contributed by atoms with Crippen molar-refractivity contribution in [2.75, 3.05) is 35.3 Å². The predicted molar refractivity (Wildman–Crippen MR) is 87.3 cm³/mol. The molecule has 6 nitrogen and oxygen atoms in total. The number of carbonyl (C=O) groups excluding carboxylic acids is 2. The number of rotatable bonds is 7. The second kappa shape index (κ2) is 10.7. The average molecular weight is 324 g/mol. The first-order valence-electron chi connectivity index (χ1n) is 7.47. The molecule has 0 fully saturated rings. The van der Waals surface area contributed by atoms with Crippen molar-refractivity contribution in [3.8, 4) is 0 Å². The molecule has 1 atom stereocenters. The number of hydrogen-bond acceptors (Lipinski definition) is 5. The van der Waals surface area contributed by atoms with Gasteiger partial charge in [0, 0.05) is 19.0 Å². The first kappa shape index (κ1) is 21.1. The number of nitrogens with zero attached hydrogens (tertiary/aromatic N) is 1. The van der Waals surface area contributed by atoms with E-state index in [0.717, 1.165) is 10.0 Å². The number of hydrogen-bond donors (Lipinski definition) is 1. The first-order chi connectivity index (χ1) is 10.6. The fraction of sp³-hybridized carbons (Fsp3) is 0.529. The number of carboxylic acid groups (broad SMARTS) is 1. The number of quaternary nitrogens is 1. The van der Waals surface area contributed by atoms with Gasteiger partial charge in [-0.25, -0.2) is 0 Å². The lowest BCUT2D eigenvalue weighted by atomic mass is 10.1. The lowest BCUT2D eigenvalue weighted by Crippen LogP contribution is -2.45. The summed E-state index contributed by atoms with van der Waals surface area (Å²) in [4.78, 5) is 21.8. The van der Waals surface area contributed by atoms with Gasteiger partial charge in [-0.1, -0.05) is 30.3 Å². The molecule has 0 radical (unpaired) electrons. The molecule has 0 saturated heterocycles. The molecule has 1 rings (SSSR count). The Hall–Kier alpha value is -1.92. The molecule has 0 heterocycles. The van der Waals surface area contributed by atoms with E-state index in [1.54, 1.807) is 0 Å². The van der Waals surface area contributed by atoms with E-state index in [-0.39, 0.29) is 12.8 Å². The summed E-state index contributed by atoms with van der Waals surface area (Å²) in [6, 6.07) is 8.55. The number of carboxylic acids is 1. The summed E-state index contributed by atoms with van der Waals surface area (Å²) >= 11 is 0. The van der Waals surface area contributed by atoms with Crippen molar-refractivity contribution >= 4 is 11.9 Å². The van der Waals surface area contributed by atoms with Gasteiger partial charge in [0.05, 0.1) is 41.3 Å². The normalized spacial score (nSPS) is 11.9. The molecule has 0 aliphatic heterocycles. The molecule has 0 aromatic heterocycles. The average Bonchev–Trinajstić information content (AvgIpc) is 2.45. The molecule has 6 heteroatoms. The number of aliphatic carboxylic acids is 1. The zero-order valence-electron chi connectivity index (χ0n) is 14.7. The van der Waals surface area contributed by atoms with Crippen LogP contribution in [0.25, 0.3) is 0 Å². The Balaban J connectivity index is 0.000000841. The Kier molecular flexibility index (Phi) is 9.85. The molecule has 0 aliphatic rings. The number of nitrogens with one attached hydrogen (secondary N) is 1. The molecule has 0 amide bonds. The third-order valence-electron chi connectivity index (χ3n) is 2.54. The predicted octanol–water partition coefficient (Wildman–Crippen LogP) is 0.170.